The standard InChI is InChI=1S/C23H33N3O3/c1-15(2)13-26-14-18-10-17-12-25-23(18,21(26)19(17)8-9-20(27)28)22(29)24-11-16-6-4-3-5-7-16/h3-7,15,17-19,21,25H,8-14H2,1-2H3,(H,24,29)(H,27,28)/t17-,18?,19+,21-,23-/m0/s1. The van der Waals surface area contributed by atoms with Gasteiger partial charge >= 0.3 is 5.97 Å². The molecular weight excluding hydrogens is 366 g/mol. The van der Waals surface area contributed by atoms with Crippen LogP contribution in [0.15, 0.2) is 30.3 Å². The molecule has 4 fully saturated rings. The lowest BCUT2D eigenvalue weighted by Gasteiger charge is -2.56. The maximum atomic E-state index is 13.6. The van der Waals surface area contributed by atoms with Crippen LogP contribution in [0.4, 0.5) is 0 Å². The monoisotopic (exact) mass is 399 g/mol. The lowest BCUT2D eigenvalue weighted by atomic mass is 9.58. The highest BCUT2D eigenvalue weighted by atomic mass is 16.4. The average Bonchev–Trinajstić information content (AvgIpc) is 2.94. The summed E-state index contributed by atoms with van der Waals surface area (Å²) in [5.41, 5.74) is 0.497. The number of carbonyl (C=O) groups excluding carboxylic acids is 1. The third-order valence-electron chi connectivity index (χ3n) is 7.18. The molecule has 0 radical (unpaired) electrons. The molecule has 4 bridgehead atoms. The van der Waals surface area contributed by atoms with Crippen molar-refractivity contribution in [1.29, 1.82) is 0 Å². The van der Waals surface area contributed by atoms with Gasteiger partial charge in [-0.3, -0.25) is 14.5 Å². The van der Waals surface area contributed by atoms with Crippen LogP contribution >= 0.6 is 0 Å². The highest BCUT2D eigenvalue weighted by molar-refractivity contribution is 5.89. The van der Waals surface area contributed by atoms with Gasteiger partial charge in [-0.25, -0.2) is 0 Å². The van der Waals surface area contributed by atoms with Gasteiger partial charge in [0, 0.05) is 38.0 Å². The molecule has 6 heteroatoms. The number of nitrogens with zero attached hydrogens (tertiary/aromatic N) is 1. The number of carboxylic acids is 1. The highest BCUT2D eigenvalue weighted by Crippen LogP contribution is 2.53. The first kappa shape index (κ1) is 20.4. The van der Waals surface area contributed by atoms with Crippen LogP contribution < -0.4 is 10.6 Å². The fraction of sp³-hybridized carbons (Fsp3) is 0.652. The zero-order valence-corrected chi connectivity index (χ0v) is 17.4. The Morgan fingerprint density at radius 1 is 1.31 bits per heavy atom. The molecule has 0 spiro atoms. The Balaban J connectivity index is 1.59. The van der Waals surface area contributed by atoms with Crippen molar-refractivity contribution in [2.75, 3.05) is 19.6 Å². The molecule has 4 aliphatic rings. The van der Waals surface area contributed by atoms with Crippen molar-refractivity contribution in [1.82, 2.24) is 15.5 Å². The average molecular weight is 400 g/mol. The molecule has 3 N–H and O–H groups in total. The molecule has 5 atom stereocenters. The summed E-state index contributed by atoms with van der Waals surface area (Å²) in [7, 11) is 0. The van der Waals surface area contributed by atoms with Crippen molar-refractivity contribution in [3.8, 4) is 0 Å². The molecule has 1 aromatic carbocycles. The van der Waals surface area contributed by atoms with Crippen LogP contribution in [0.5, 0.6) is 0 Å². The summed E-state index contributed by atoms with van der Waals surface area (Å²) in [5, 5.41) is 16.1. The van der Waals surface area contributed by atoms with Gasteiger partial charge in [-0.05, 0) is 42.7 Å². The fourth-order valence-corrected chi connectivity index (χ4v) is 6.19. The quantitative estimate of drug-likeness (QED) is 0.624. The first-order chi connectivity index (χ1) is 13.9. The van der Waals surface area contributed by atoms with Crippen molar-refractivity contribution in [2.24, 2.45) is 23.7 Å². The Morgan fingerprint density at radius 3 is 2.76 bits per heavy atom. The Morgan fingerprint density at radius 2 is 2.07 bits per heavy atom. The predicted octanol–water partition coefficient (Wildman–Crippen LogP) is 2.10. The predicted molar refractivity (Wildman–Crippen MR) is 111 cm³/mol. The third-order valence-corrected chi connectivity index (χ3v) is 7.18. The van der Waals surface area contributed by atoms with Crippen LogP contribution in [0, 0.1) is 23.7 Å². The summed E-state index contributed by atoms with van der Waals surface area (Å²) < 4.78 is 0. The van der Waals surface area contributed by atoms with E-state index < -0.39 is 11.5 Å². The lowest BCUT2D eigenvalue weighted by molar-refractivity contribution is -0.140. The topological polar surface area (TPSA) is 81.7 Å². The molecule has 1 saturated carbocycles. The van der Waals surface area contributed by atoms with E-state index in [4.69, 9.17) is 0 Å². The Labute approximate surface area is 173 Å². The number of amides is 1. The van der Waals surface area contributed by atoms with Gasteiger partial charge in [0.1, 0.15) is 5.54 Å². The molecule has 29 heavy (non-hydrogen) atoms. The second-order valence-electron chi connectivity index (χ2n) is 9.50. The minimum Gasteiger partial charge on any atom is -0.481 e. The molecule has 1 amide bonds. The van der Waals surface area contributed by atoms with Gasteiger partial charge < -0.3 is 15.7 Å². The van der Waals surface area contributed by atoms with E-state index in [9.17, 15) is 14.7 Å². The van der Waals surface area contributed by atoms with Gasteiger partial charge in [0.25, 0.3) is 0 Å². The minimum atomic E-state index is -0.744. The maximum absolute atomic E-state index is 13.6. The maximum Gasteiger partial charge on any atom is 0.303 e. The van der Waals surface area contributed by atoms with E-state index in [1.54, 1.807) is 0 Å². The smallest absolute Gasteiger partial charge is 0.303 e. The second-order valence-corrected chi connectivity index (χ2v) is 9.50. The van der Waals surface area contributed by atoms with E-state index in [0.717, 1.165) is 31.6 Å². The molecule has 5 rings (SSSR count). The van der Waals surface area contributed by atoms with Crippen LogP contribution in [0.2, 0.25) is 0 Å². The van der Waals surface area contributed by atoms with E-state index in [0.29, 0.717) is 30.7 Å². The minimum absolute atomic E-state index is 0.0810. The van der Waals surface area contributed by atoms with Crippen molar-refractivity contribution in [2.45, 2.75) is 51.2 Å². The Bertz CT molecular complexity index is 753. The third kappa shape index (κ3) is 3.68. The van der Waals surface area contributed by atoms with Crippen molar-refractivity contribution < 1.29 is 14.7 Å². The zero-order valence-electron chi connectivity index (χ0n) is 17.4. The molecular formula is C23H33N3O3. The van der Waals surface area contributed by atoms with Crippen molar-refractivity contribution in [3.05, 3.63) is 35.9 Å². The Hall–Kier alpha value is -1.92. The van der Waals surface area contributed by atoms with Gasteiger partial charge in [-0.2, -0.15) is 0 Å². The highest BCUT2D eigenvalue weighted by Gasteiger charge is 2.67. The number of carboxylic acid groups (broad SMARTS) is 1. The molecule has 3 saturated heterocycles. The number of hydrogen-bond acceptors (Lipinski definition) is 4. The molecule has 3 aliphatic heterocycles. The van der Waals surface area contributed by atoms with Crippen molar-refractivity contribution in [3.63, 3.8) is 0 Å². The van der Waals surface area contributed by atoms with E-state index in [-0.39, 0.29) is 24.3 Å². The number of likely N-dealkylation sites (tertiary alicyclic amines) is 1. The number of nitrogens with one attached hydrogen (secondary N) is 2. The SMILES string of the molecule is CC(C)CN1CC2C[C@H]3CN[C@]2(C(=O)NCc2ccccc2)[C@@H]1[C@@H]3CCC(=O)O. The normalized spacial score (nSPS) is 33.2. The van der Waals surface area contributed by atoms with Crippen LogP contribution in [-0.4, -0.2) is 53.1 Å². The number of rotatable bonds is 8. The molecule has 3 heterocycles. The molecule has 1 unspecified atom stereocenters. The number of piperidine rings is 2. The fourth-order valence-electron chi connectivity index (χ4n) is 6.19. The first-order valence-electron chi connectivity index (χ1n) is 10.9. The Kier molecular flexibility index (Phi) is 5.67. The van der Waals surface area contributed by atoms with Crippen LogP contribution in [0.1, 0.15) is 38.7 Å². The van der Waals surface area contributed by atoms with Gasteiger partial charge in [-0.1, -0.05) is 44.2 Å². The summed E-state index contributed by atoms with van der Waals surface area (Å²) in [5.74, 6) is 0.866. The van der Waals surface area contributed by atoms with E-state index >= 15 is 0 Å². The van der Waals surface area contributed by atoms with Crippen LogP contribution in [0.25, 0.3) is 0 Å². The number of fused-ring (bicyclic) bond motifs is 1. The second kappa shape index (κ2) is 8.07. The summed E-state index contributed by atoms with van der Waals surface area (Å²) in [6, 6.07) is 10.1. The number of hydrogen-bond donors (Lipinski definition) is 3. The number of benzene rings is 1. The summed E-state index contributed by atoms with van der Waals surface area (Å²) >= 11 is 0. The largest absolute Gasteiger partial charge is 0.481 e. The molecule has 1 aromatic rings. The summed E-state index contributed by atoms with van der Waals surface area (Å²) in [6.45, 7) is 7.63. The van der Waals surface area contributed by atoms with Crippen molar-refractivity contribution >= 4 is 11.9 Å². The van der Waals surface area contributed by atoms with Crippen LogP contribution in [0.3, 0.4) is 0 Å². The van der Waals surface area contributed by atoms with E-state index in [1.165, 1.54) is 0 Å². The molecule has 0 aromatic heterocycles. The number of carbonyl (C=O) groups is 2. The lowest BCUT2D eigenvalue weighted by Crippen LogP contribution is -2.76. The molecule has 158 valence electrons. The van der Waals surface area contributed by atoms with E-state index in [2.05, 4.69) is 29.4 Å². The number of aliphatic carboxylic acids is 1. The van der Waals surface area contributed by atoms with Gasteiger partial charge in [0.05, 0.1) is 0 Å². The van der Waals surface area contributed by atoms with Gasteiger partial charge in [0.15, 0.2) is 0 Å². The summed E-state index contributed by atoms with van der Waals surface area (Å²) in [6.07, 6.45) is 1.85. The summed E-state index contributed by atoms with van der Waals surface area (Å²) in [4.78, 5) is 27.4. The zero-order chi connectivity index (χ0) is 20.6. The van der Waals surface area contributed by atoms with Gasteiger partial charge in [-0.15, -0.1) is 0 Å². The van der Waals surface area contributed by atoms with Crippen LogP contribution in [-0.2, 0) is 16.1 Å². The first-order valence-corrected chi connectivity index (χ1v) is 10.9. The molecule has 6 nitrogen and oxygen atoms in total. The van der Waals surface area contributed by atoms with E-state index in [1.807, 2.05) is 30.3 Å². The van der Waals surface area contributed by atoms with Gasteiger partial charge in [0.2, 0.25) is 5.91 Å². The molecule has 1 aliphatic carbocycles.